The number of hydrogen-bond acceptors (Lipinski definition) is 12. The summed E-state index contributed by atoms with van der Waals surface area (Å²) in [6.45, 7) is 40.1. The predicted molar refractivity (Wildman–Crippen MR) is 250 cm³/mol. The van der Waals surface area contributed by atoms with E-state index in [0.29, 0.717) is 48.1 Å². The highest BCUT2D eigenvalue weighted by Gasteiger charge is 2.32. The van der Waals surface area contributed by atoms with Gasteiger partial charge >= 0.3 is 0 Å². The van der Waals surface area contributed by atoms with Crippen molar-refractivity contribution in [1.29, 1.82) is 0 Å². The molecule has 0 radical (unpaired) electrons. The lowest BCUT2D eigenvalue weighted by Gasteiger charge is -2.45. The molecule has 5 rings (SSSR count). The lowest BCUT2D eigenvalue weighted by molar-refractivity contribution is -0.131. The van der Waals surface area contributed by atoms with Gasteiger partial charge in [-0.15, -0.1) is 0 Å². The Bertz CT molecular complexity index is 1770. The second kappa shape index (κ2) is 21.5. The maximum absolute atomic E-state index is 12.5. The van der Waals surface area contributed by atoms with Crippen LogP contribution < -0.4 is 4.90 Å². The van der Waals surface area contributed by atoms with E-state index in [0.717, 1.165) is 89.9 Å². The number of hydrogen-bond donors (Lipinski definition) is 0. The van der Waals surface area contributed by atoms with Gasteiger partial charge in [-0.2, -0.15) is 0 Å². The minimum absolute atomic E-state index is 0.109. The Morgan fingerprint density at radius 3 is 1.58 bits per heavy atom. The van der Waals surface area contributed by atoms with Gasteiger partial charge in [0.15, 0.2) is 23.1 Å². The largest absolute Gasteiger partial charge is 0.372 e. The van der Waals surface area contributed by atoms with E-state index in [2.05, 4.69) is 48.3 Å². The van der Waals surface area contributed by atoms with Gasteiger partial charge in [-0.3, -0.25) is 38.9 Å². The number of Topliss-reactive ketones (excluding diaryl/α,β-unsaturated/α-hetero) is 4. The number of aromatic nitrogens is 2. The Labute approximate surface area is 374 Å². The highest BCUT2D eigenvalue weighted by Crippen LogP contribution is 2.28. The minimum atomic E-state index is -0.408. The molecule has 3 fully saturated rings. The standard InChI is InChI=1S/C26H42N4O2.C24H39N3O3/c1-25(2,3)23(31)19-30-15-12-28(13-16-30)11-14-29-10-9-21(18-29)22-8-7-20(17-27-22)24(32)26(4,5)6;1-17-14-26(11-12-30-16-20(28)23(3,4)5)15-18(2)27(17)21-10-9-19(13-25-21)22(29)24(6,7)8/h7-8,17,21H,9-16,18-19H2,1-6H3;9-10,13,17-18H,11-12,14-16H2,1-8H3/t;17-,18+. The number of carbonyl (C=O) groups excluding carboxylic acids is 4. The van der Waals surface area contributed by atoms with Crippen molar-refractivity contribution in [3.8, 4) is 0 Å². The molecule has 346 valence electrons. The maximum atomic E-state index is 12.5. The van der Waals surface area contributed by atoms with E-state index in [1.807, 2.05) is 107 Å². The number of carbonyl (C=O) groups is 4. The van der Waals surface area contributed by atoms with Crippen LogP contribution in [-0.2, 0) is 14.3 Å². The van der Waals surface area contributed by atoms with Crippen LogP contribution in [0.25, 0.3) is 0 Å². The molecular formula is C50H81N7O5. The smallest absolute Gasteiger partial charge is 0.169 e. The van der Waals surface area contributed by atoms with Gasteiger partial charge in [0.1, 0.15) is 12.4 Å². The number of anilines is 1. The molecule has 3 saturated heterocycles. The molecule has 1 unspecified atom stereocenters. The topological polar surface area (TPSA) is 119 Å². The number of pyridine rings is 2. The van der Waals surface area contributed by atoms with Gasteiger partial charge in [0.25, 0.3) is 0 Å². The van der Waals surface area contributed by atoms with Gasteiger partial charge in [0, 0.05) is 134 Å². The molecule has 12 nitrogen and oxygen atoms in total. The lowest BCUT2D eigenvalue weighted by atomic mass is 9.87. The van der Waals surface area contributed by atoms with Crippen LogP contribution in [-0.4, -0.2) is 157 Å². The number of ketones is 4. The molecule has 3 aliphatic heterocycles. The van der Waals surface area contributed by atoms with Gasteiger partial charge in [0.2, 0.25) is 0 Å². The SMILES string of the molecule is CC(C)(C)C(=O)CN1CCN(CCN2CCC(c3ccc(C(=O)C(C)(C)C)cn3)C2)CC1.C[C@@H]1CN(CCOCC(=O)C(C)(C)C)C[C@H](C)N1c1ccc(C(=O)C(C)(C)C)cn1. The van der Waals surface area contributed by atoms with Crippen molar-refractivity contribution in [2.45, 2.75) is 121 Å². The van der Waals surface area contributed by atoms with Crippen LogP contribution in [0.1, 0.15) is 136 Å². The molecule has 12 heteroatoms. The van der Waals surface area contributed by atoms with Crippen LogP contribution in [0.2, 0.25) is 0 Å². The van der Waals surface area contributed by atoms with Crippen molar-refractivity contribution in [1.82, 2.24) is 29.6 Å². The Kier molecular flexibility index (Phi) is 17.8. The summed E-state index contributed by atoms with van der Waals surface area (Å²) in [5.41, 5.74) is 1.09. The molecule has 0 amide bonds. The fourth-order valence-corrected chi connectivity index (χ4v) is 8.13. The monoisotopic (exact) mass is 860 g/mol. The fourth-order valence-electron chi connectivity index (χ4n) is 8.13. The van der Waals surface area contributed by atoms with Crippen molar-refractivity contribution in [3.63, 3.8) is 0 Å². The Balaban J connectivity index is 0.000000273. The highest BCUT2D eigenvalue weighted by atomic mass is 16.5. The molecule has 0 N–H and O–H groups in total. The van der Waals surface area contributed by atoms with Crippen molar-refractivity contribution >= 4 is 29.0 Å². The molecule has 0 saturated carbocycles. The molecule has 5 heterocycles. The Morgan fingerprint density at radius 1 is 0.581 bits per heavy atom. The van der Waals surface area contributed by atoms with Crippen molar-refractivity contribution in [2.24, 2.45) is 21.7 Å². The molecule has 0 bridgehead atoms. The molecule has 3 atom stereocenters. The van der Waals surface area contributed by atoms with Gasteiger partial charge in [-0.25, -0.2) is 4.98 Å². The third-order valence-electron chi connectivity index (χ3n) is 12.4. The number of rotatable bonds is 14. The highest BCUT2D eigenvalue weighted by molar-refractivity contribution is 6.00. The summed E-state index contributed by atoms with van der Waals surface area (Å²) in [4.78, 5) is 70.4. The summed E-state index contributed by atoms with van der Waals surface area (Å²) in [6.07, 6.45) is 4.59. The first-order valence-electron chi connectivity index (χ1n) is 23.1. The number of likely N-dealkylation sites (tertiary alicyclic amines) is 1. The van der Waals surface area contributed by atoms with E-state index >= 15 is 0 Å². The van der Waals surface area contributed by atoms with Crippen molar-refractivity contribution in [3.05, 3.63) is 53.5 Å². The predicted octanol–water partition coefficient (Wildman–Crippen LogP) is 7.17. The first-order valence-corrected chi connectivity index (χ1v) is 23.1. The van der Waals surface area contributed by atoms with E-state index in [-0.39, 0.29) is 40.2 Å². The van der Waals surface area contributed by atoms with Crippen LogP contribution in [0.15, 0.2) is 36.7 Å². The van der Waals surface area contributed by atoms with E-state index in [1.165, 1.54) is 0 Å². The molecule has 0 aromatic carbocycles. The maximum Gasteiger partial charge on any atom is 0.169 e. The Hall–Kier alpha value is -3.42. The molecule has 3 aliphatic rings. The molecule has 0 aliphatic carbocycles. The summed E-state index contributed by atoms with van der Waals surface area (Å²) < 4.78 is 5.62. The van der Waals surface area contributed by atoms with Crippen LogP contribution >= 0.6 is 0 Å². The van der Waals surface area contributed by atoms with Crippen LogP contribution in [0.4, 0.5) is 5.82 Å². The summed E-state index contributed by atoms with van der Waals surface area (Å²) in [7, 11) is 0. The first kappa shape index (κ1) is 51.2. The number of ether oxygens (including phenoxy) is 1. The van der Waals surface area contributed by atoms with E-state index in [9.17, 15) is 19.2 Å². The average molecular weight is 860 g/mol. The fraction of sp³-hybridized carbons (Fsp3) is 0.720. The molecule has 2 aromatic heterocycles. The third-order valence-corrected chi connectivity index (χ3v) is 12.4. The van der Waals surface area contributed by atoms with E-state index in [1.54, 1.807) is 12.4 Å². The van der Waals surface area contributed by atoms with Gasteiger partial charge in [0.05, 0.1) is 13.2 Å². The van der Waals surface area contributed by atoms with E-state index < -0.39 is 5.41 Å². The van der Waals surface area contributed by atoms with Gasteiger partial charge in [-0.05, 0) is 51.1 Å². The first-order chi connectivity index (χ1) is 28.7. The van der Waals surface area contributed by atoms with Crippen molar-refractivity contribution < 1.29 is 23.9 Å². The van der Waals surface area contributed by atoms with Crippen LogP contribution in [0, 0.1) is 21.7 Å². The normalized spacial score (nSPS) is 21.4. The second-order valence-electron chi connectivity index (χ2n) is 22.2. The number of nitrogens with zero attached hydrogens (tertiary/aromatic N) is 7. The summed E-state index contributed by atoms with van der Waals surface area (Å²) >= 11 is 0. The summed E-state index contributed by atoms with van der Waals surface area (Å²) in [6, 6.07) is 8.43. The summed E-state index contributed by atoms with van der Waals surface area (Å²) in [5, 5.41) is 0. The second-order valence-corrected chi connectivity index (χ2v) is 22.2. The summed E-state index contributed by atoms with van der Waals surface area (Å²) in [5.74, 6) is 2.08. The van der Waals surface area contributed by atoms with Crippen LogP contribution in [0.5, 0.6) is 0 Å². The minimum Gasteiger partial charge on any atom is -0.372 e. The third kappa shape index (κ3) is 15.1. The molecular weight excluding hydrogens is 779 g/mol. The van der Waals surface area contributed by atoms with Gasteiger partial charge < -0.3 is 14.5 Å². The average Bonchev–Trinajstić information content (AvgIpc) is 3.67. The van der Waals surface area contributed by atoms with Crippen LogP contribution in [0.3, 0.4) is 0 Å². The zero-order valence-corrected chi connectivity index (χ0v) is 41.0. The van der Waals surface area contributed by atoms with E-state index in [4.69, 9.17) is 4.74 Å². The molecule has 0 spiro atoms. The quantitative estimate of drug-likeness (QED) is 0.142. The molecule has 62 heavy (non-hydrogen) atoms. The van der Waals surface area contributed by atoms with Crippen molar-refractivity contribution in [2.75, 3.05) is 96.7 Å². The molecule has 2 aromatic rings. The Morgan fingerprint density at radius 2 is 1.10 bits per heavy atom. The zero-order valence-electron chi connectivity index (χ0n) is 41.0. The zero-order chi connectivity index (χ0) is 46.2. The lowest BCUT2D eigenvalue weighted by Crippen LogP contribution is -2.57. The number of piperazine rings is 2. The van der Waals surface area contributed by atoms with Gasteiger partial charge in [-0.1, -0.05) is 83.1 Å².